The molecular formula is C19H19N3O2S. The van der Waals surface area contributed by atoms with Gasteiger partial charge in [-0.15, -0.1) is 0 Å². The van der Waals surface area contributed by atoms with Crippen LogP contribution in [0.15, 0.2) is 54.6 Å². The SMILES string of the molecule is CC(C)Oc1ccccc1NC(=O)c1sc(N)nc1-c1ccccc1. The molecule has 0 radical (unpaired) electrons. The number of rotatable bonds is 5. The van der Waals surface area contributed by atoms with Gasteiger partial charge >= 0.3 is 0 Å². The first-order chi connectivity index (χ1) is 12.0. The van der Waals surface area contributed by atoms with Crippen molar-refractivity contribution in [2.24, 2.45) is 0 Å². The maximum Gasteiger partial charge on any atom is 0.268 e. The minimum Gasteiger partial charge on any atom is -0.489 e. The number of nitrogens with one attached hydrogen (secondary N) is 1. The molecular weight excluding hydrogens is 334 g/mol. The second-order valence-electron chi connectivity index (χ2n) is 5.71. The largest absolute Gasteiger partial charge is 0.489 e. The number of benzene rings is 2. The lowest BCUT2D eigenvalue weighted by molar-refractivity contribution is 0.103. The van der Waals surface area contributed by atoms with Crippen LogP contribution in [0.25, 0.3) is 11.3 Å². The average molecular weight is 353 g/mol. The van der Waals surface area contributed by atoms with Gasteiger partial charge in [0.25, 0.3) is 5.91 Å². The number of carbonyl (C=O) groups is 1. The molecule has 6 heteroatoms. The molecule has 0 fully saturated rings. The van der Waals surface area contributed by atoms with Gasteiger partial charge in [0.2, 0.25) is 0 Å². The van der Waals surface area contributed by atoms with Crippen LogP contribution in [0.4, 0.5) is 10.8 Å². The van der Waals surface area contributed by atoms with E-state index in [1.54, 1.807) is 0 Å². The molecule has 0 aliphatic carbocycles. The van der Waals surface area contributed by atoms with Crippen molar-refractivity contribution in [3.8, 4) is 17.0 Å². The van der Waals surface area contributed by atoms with Gasteiger partial charge in [0, 0.05) is 5.56 Å². The highest BCUT2D eigenvalue weighted by Crippen LogP contribution is 2.32. The van der Waals surface area contributed by atoms with Crippen molar-refractivity contribution < 1.29 is 9.53 Å². The van der Waals surface area contributed by atoms with Crippen molar-refractivity contribution in [1.82, 2.24) is 4.98 Å². The summed E-state index contributed by atoms with van der Waals surface area (Å²) in [5.41, 5.74) is 7.90. The first-order valence-electron chi connectivity index (χ1n) is 7.93. The number of hydrogen-bond donors (Lipinski definition) is 2. The van der Waals surface area contributed by atoms with E-state index in [4.69, 9.17) is 10.5 Å². The molecule has 128 valence electrons. The van der Waals surface area contributed by atoms with E-state index < -0.39 is 0 Å². The zero-order chi connectivity index (χ0) is 17.8. The number of nitrogen functional groups attached to an aromatic ring is 1. The molecule has 5 nitrogen and oxygen atoms in total. The lowest BCUT2D eigenvalue weighted by Gasteiger charge is -2.14. The quantitative estimate of drug-likeness (QED) is 0.711. The van der Waals surface area contributed by atoms with Gasteiger partial charge in [-0.3, -0.25) is 4.79 Å². The van der Waals surface area contributed by atoms with E-state index in [1.165, 1.54) is 11.3 Å². The Morgan fingerprint density at radius 1 is 1.12 bits per heavy atom. The molecule has 0 unspecified atom stereocenters. The number of amides is 1. The molecule has 0 saturated heterocycles. The molecule has 3 rings (SSSR count). The Balaban J connectivity index is 1.91. The zero-order valence-electron chi connectivity index (χ0n) is 14.0. The molecule has 0 bridgehead atoms. The summed E-state index contributed by atoms with van der Waals surface area (Å²) in [6.45, 7) is 3.88. The third-order valence-corrected chi connectivity index (χ3v) is 4.28. The van der Waals surface area contributed by atoms with Gasteiger partial charge in [0.05, 0.1) is 17.5 Å². The van der Waals surface area contributed by atoms with Gasteiger partial charge in [-0.05, 0) is 26.0 Å². The Morgan fingerprint density at radius 3 is 2.52 bits per heavy atom. The summed E-state index contributed by atoms with van der Waals surface area (Å²) in [5.74, 6) is 0.373. The summed E-state index contributed by atoms with van der Waals surface area (Å²) in [7, 11) is 0. The number of nitrogens with zero attached hydrogens (tertiary/aromatic N) is 1. The third-order valence-electron chi connectivity index (χ3n) is 3.40. The van der Waals surface area contributed by atoms with Gasteiger partial charge in [0.15, 0.2) is 5.13 Å². The fraction of sp³-hybridized carbons (Fsp3) is 0.158. The van der Waals surface area contributed by atoms with Gasteiger partial charge in [-0.1, -0.05) is 53.8 Å². The van der Waals surface area contributed by atoms with Gasteiger partial charge in [-0.25, -0.2) is 4.98 Å². The number of para-hydroxylation sites is 2. The Labute approximate surface area is 150 Å². The zero-order valence-corrected chi connectivity index (χ0v) is 14.8. The highest BCUT2D eigenvalue weighted by atomic mass is 32.1. The normalized spacial score (nSPS) is 10.7. The molecule has 2 aromatic carbocycles. The summed E-state index contributed by atoms with van der Waals surface area (Å²) in [5, 5.41) is 3.26. The van der Waals surface area contributed by atoms with Crippen LogP contribution < -0.4 is 15.8 Å². The molecule has 0 aliphatic heterocycles. The van der Waals surface area contributed by atoms with Crippen molar-refractivity contribution in [3.63, 3.8) is 0 Å². The number of aromatic nitrogens is 1. The lowest BCUT2D eigenvalue weighted by Crippen LogP contribution is -2.14. The van der Waals surface area contributed by atoms with Crippen molar-refractivity contribution in [1.29, 1.82) is 0 Å². The van der Waals surface area contributed by atoms with E-state index in [0.717, 1.165) is 5.56 Å². The Kier molecular flexibility index (Phi) is 5.00. The van der Waals surface area contributed by atoms with Crippen molar-refractivity contribution in [3.05, 3.63) is 59.5 Å². The minimum absolute atomic E-state index is 0.0111. The minimum atomic E-state index is -0.257. The van der Waals surface area contributed by atoms with E-state index in [9.17, 15) is 4.79 Å². The van der Waals surface area contributed by atoms with Gasteiger partial charge in [0.1, 0.15) is 10.6 Å². The first kappa shape index (κ1) is 17.0. The number of ether oxygens (including phenoxy) is 1. The van der Waals surface area contributed by atoms with Crippen molar-refractivity contribution >= 4 is 28.1 Å². The fourth-order valence-electron chi connectivity index (χ4n) is 2.39. The summed E-state index contributed by atoms with van der Waals surface area (Å²) in [6, 6.07) is 16.9. The molecule has 0 saturated carbocycles. The van der Waals surface area contributed by atoms with Gasteiger partial charge < -0.3 is 15.8 Å². The van der Waals surface area contributed by atoms with E-state index in [0.29, 0.717) is 27.1 Å². The molecule has 3 N–H and O–H groups in total. The fourth-order valence-corrected chi connectivity index (χ4v) is 3.14. The van der Waals surface area contributed by atoms with Crippen LogP contribution in [0.1, 0.15) is 23.5 Å². The van der Waals surface area contributed by atoms with E-state index in [-0.39, 0.29) is 12.0 Å². The molecule has 1 amide bonds. The van der Waals surface area contributed by atoms with Crippen LogP contribution in [0.3, 0.4) is 0 Å². The summed E-state index contributed by atoms with van der Waals surface area (Å²) in [6.07, 6.45) is 0.0111. The van der Waals surface area contributed by atoms with Crippen LogP contribution in [0.2, 0.25) is 0 Å². The number of nitrogens with two attached hydrogens (primary N) is 1. The second kappa shape index (κ2) is 7.36. The number of thiazole rings is 1. The third kappa shape index (κ3) is 3.97. The highest BCUT2D eigenvalue weighted by Gasteiger charge is 2.20. The summed E-state index contributed by atoms with van der Waals surface area (Å²) in [4.78, 5) is 17.6. The number of anilines is 2. The predicted octanol–water partition coefficient (Wildman–Crippen LogP) is 4.43. The number of hydrogen-bond acceptors (Lipinski definition) is 5. The molecule has 0 spiro atoms. The first-order valence-corrected chi connectivity index (χ1v) is 8.75. The smallest absolute Gasteiger partial charge is 0.268 e. The standard InChI is InChI=1S/C19H19N3O2S/c1-12(2)24-15-11-7-6-10-14(15)21-18(23)17-16(22-19(20)25-17)13-8-4-3-5-9-13/h3-12H,1-2H3,(H2,20,22)(H,21,23). The predicted molar refractivity (Wildman–Crippen MR) is 102 cm³/mol. The van der Waals surface area contributed by atoms with Crippen molar-refractivity contribution in [2.75, 3.05) is 11.1 Å². The summed E-state index contributed by atoms with van der Waals surface area (Å²) >= 11 is 1.17. The molecule has 0 aliphatic rings. The summed E-state index contributed by atoms with van der Waals surface area (Å²) < 4.78 is 5.75. The highest BCUT2D eigenvalue weighted by molar-refractivity contribution is 7.17. The van der Waals surface area contributed by atoms with Crippen LogP contribution in [0, 0.1) is 0 Å². The maximum atomic E-state index is 12.8. The molecule has 25 heavy (non-hydrogen) atoms. The molecule has 3 aromatic rings. The lowest BCUT2D eigenvalue weighted by atomic mass is 10.1. The van der Waals surface area contributed by atoms with E-state index in [2.05, 4.69) is 10.3 Å². The Morgan fingerprint density at radius 2 is 1.80 bits per heavy atom. The molecule has 1 aromatic heterocycles. The monoisotopic (exact) mass is 353 g/mol. The average Bonchev–Trinajstić information content (AvgIpc) is 2.99. The van der Waals surface area contributed by atoms with Crippen LogP contribution in [-0.2, 0) is 0 Å². The Bertz CT molecular complexity index is 875. The van der Waals surface area contributed by atoms with Crippen LogP contribution in [-0.4, -0.2) is 17.0 Å². The Hall–Kier alpha value is -2.86. The van der Waals surface area contributed by atoms with Crippen LogP contribution >= 0.6 is 11.3 Å². The van der Waals surface area contributed by atoms with Crippen LogP contribution in [0.5, 0.6) is 5.75 Å². The van der Waals surface area contributed by atoms with Crippen molar-refractivity contribution in [2.45, 2.75) is 20.0 Å². The number of carbonyl (C=O) groups excluding carboxylic acids is 1. The molecule has 1 heterocycles. The topological polar surface area (TPSA) is 77.2 Å². The maximum absolute atomic E-state index is 12.8. The van der Waals surface area contributed by atoms with E-state index in [1.807, 2.05) is 68.4 Å². The van der Waals surface area contributed by atoms with E-state index >= 15 is 0 Å². The van der Waals surface area contributed by atoms with Gasteiger partial charge in [-0.2, -0.15) is 0 Å². The molecule has 0 atom stereocenters. The second-order valence-corrected chi connectivity index (χ2v) is 6.74.